The van der Waals surface area contributed by atoms with E-state index >= 15 is 0 Å². The molecule has 1 aliphatic carbocycles. The molecule has 6 heteroatoms. The third-order valence-corrected chi connectivity index (χ3v) is 4.35. The highest BCUT2D eigenvalue weighted by Gasteiger charge is 2.43. The predicted molar refractivity (Wildman–Crippen MR) is 66.5 cm³/mol. The van der Waals surface area contributed by atoms with E-state index in [0.29, 0.717) is 37.7 Å². The molecule has 1 aliphatic heterocycles. The van der Waals surface area contributed by atoms with Crippen LogP contribution in [0.25, 0.3) is 0 Å². The van der Waals surface area contributed by atoms with E-state index < -0.39 is 11.4 Å². The lowest BCUT2D eigenvalue weighted by atomic mass is 9.84. The van der Waals surface area contributed by atoms with E-state index in [1.54, 1.807) is 0 Å². The molecule has 1 aromatic heterocycles. The summed E-state index contributed by atoms with van der Waals surface area (Å²) in [5.41, 5.74) is -0.598. The van der Waals surface area contributed by atoms with Crippen LogP contribution in [0.5, 0.6) is 0 Å². The molecule has 104 valence electrons. The molecule has 6 nitrogen and oxygen atoms in total. The van der Waals surface area contributed by atoms with E-state index in [0.717, 1.165) is 25.2 Å². The zero-order valence-corrected chi connectivity index (χ0v) is 11.1. The molecule has 0 amide bonds. The minimum Gasteiger partial charge on any atom is -0.481 e. The fourth-order valence-electron chi connectivity index (χ4n) is 2.74. The molecule has 0 spiro atoms. The van der Waals surface area contributed by atoms with E-state index in [2.05, 4.69) is 15.0 Å². The summed E-state index contributed by atoms with van der Waals surface area (Å²) >= 11 is 0. The quantitative estimate of drug-likeness (QED) is 0.871. The Hall–Kier alpha value is -1.43. The molecule has 19 heavy (non-hydrogen) atoms. The van der Waals surface area contributed by atoms with E-state index in [9.17, 15) is 9.90 Å². The van der Waals surface area contributed by atoms with Crippen molar-refractivity contribution in [3.05, 3.63) is 11.7 Å². The Balaban J connectivity index is 1.62. The number of aliphatic carboxylic acids is 1. The number of carbonyl (C=O) groups is 1. The zero-order chi connectivity index (χ0) is 13.5. The van der Waals surface area contributed by atoms with Gasteiger partial charge in [-0.1, -0.05) is 12.1 Å². The van der Waals surface area contributed by atoms with E-state index in [-0.39, 0.29) is 0 Å². The summed E-state index contributed by atoms with van der Waals surface area (Å²) in [5.74, 6) is 1.22. The summed E-state index contributed by atoms with van der Waals surface area (Å²) < 4.78 is 5.24. The molecule has 1 unspecified atom stereocenters. The molecule has 3 rings (SSSR count). The lowest BCUT2D eigenvalue weighted by molar-refractivity contribution is -0.148. The molecule has 1 saturated heterocycles. The third-order valence-electron chi connectivity index (χ3n) is 4.35. The maximum absolute atomic E-state index is 11.4. The second-order valence-electron chi connectivity index (χ2n) is 5.72. The van der Waals surface area contributed by atoms with Gasteiger partial charge in [0.1, 0.15) is 0 Å². The average Bonchev–Trinajstić information content (AvgIpc) is 2.99. The highest BCUT2D eigenvalue weighted by molar-refractivity contribution is 5.75. The average molecular weight is 265 g/mol. The maximum atomic E-state index is 11.4. The van der Waals surface area contributed by atoms with Gasteiger partial charge in [0.25, 0.3) is 0 Å². The number of likely N-dealkylation sites (tertiary alicyclic amines) is 1. The summed E-state index contributed by atoms with van der Waals surface area (Å²) in [5, 5.41) is 13.3. The summed E-state index contributed by atoms with van der Waals surface area (Å²) in [6.45, 7) is 3.85. The second-order valence-corrected chi connectivity index (χ2v) is 5.72. The number of carboxylic acid groups (broad SMARTS) is 1. The number of carboxylic acids is 1. The Morgan fingerprint density at radius 1 is 1.58 bits per heavy atom. The Bertz CT molecular complexity index is 483. The van der Waals surface area contributed by atoms with Crippen LogP contribution in [0.3, 0.4) is 0 Å². The maximum Gasteiger partial charge on any atom is 0.310 e. The van der Waals surface area contributed by atoms with Gasteiger partial charge in [-0.05, 0) is 32.2 Å². The first-order valence-corrected chi connectivity index (χ1v) is 6.91. The fraction of sp³-hybridized carbons (Fsp3) is 0.769. The van der Waals surface area contributed by atoms with Crippen molar-refractivity contribution in [2.75, 3.05) is 13.1 Å². The van der Waals surface area contributed by atoms with Crippen LogP contribution in [0, 0.1) is 5.41 Å². The largest absolute Gasteiger partial charge is 0.481 e. The van der Waals surface area contributed by atoms with E-state index in [4.69, 9.17) is 4.52 Å². The fourth-order valence-corrected chi connectivity index (χ4v) is 2.74. The van der Waals surface area contributed by atoms with Crippen LogP contribution in [0.1, 0.15) is 50.2 Å². The van der Waals surface area contributed by atoms with Crippen molar-refractivity contribution in [2.45, 2.75) is 45.1 Å². The molecule has 0 aromatic carbocycles. The predicted octanol–water partition coefficient (Wildman–Crippen LogP) is 1.63. The molecule has 2 heterocycles. The van der Waals surface area contributed by atoms with Gasteiger partial charge >= 0.3 is 5.97 Å². The van der Waals surface area contributed by atoms with Gasteiger partial charge in [-0.25, -0.2) is 0 Å². The number of nitrogens with zero attached hydrogens (tertiary/aromatic N) is 3. The standard InChI is InChI=1S/C13H19N3O3/c1-2-13(12(17)18)5-6-16(8-13)7-10-14-11(15-19-10)9-3-4-9/h9H,2-8H2,1H3,(H,17,18). The summed E-state index contributed by atoms with van der Waals surface area (Å²) in [7, 11) is 0. The minimum atomic E-state index is -0.693. The smallest absolute Gasteiger partial charge is 0.310 e. The minimum absolute atomic E-state index is 0.491. The van der Waals surface area contributed by atoms with Crippen LogP contribution in [0.4, 0.5) is 0 Å². The molecular weight excluding hydrogens is 246 g/mol. The molecule has 2 aliphatic rings. The number of hydrogen-bond donors (Lipinski definition) is 1. The molecular formula is C13H19N3O3. The van der Waals surface area contributed by atoms with Crippen LogP contribution < -0.4 is 0 Å². The van der Waals surface area contributed by atoms with Crippen molar-refractivity contribution in [1.82, 2.24) is 15.0 Å². The highest BCUT2D eigenvalue weighted by atomic mass is 16.5. The van der Waals surface area contributed by atoms with Crippen LogP contribution in [-0.2, 0) is 11.3 Å². The van der Waals surface area contributed by atoms with Gasteiger partial charge in [-0.3, -0.25) is 9.69 Å². The Morgan fingerprint density at radius 3 is 2.95 bits per heavy atom. The number of rotatable bonds is 5. The van der Waals surface area contributed by atoms with Crippen molar-refractivity contribution >= 4 is 5.97 Å². The van der Waals surface area contributed by atoms with Crippen LogP contribution in [0.15, 0.2) is 4.52 Å². The van der Waals surface area contributed by atoms with Crippen LogP contribution >= 0.6 is 0 Å². The Labute approximate surface area is 111 Å². The first kappa shape index (κ1) is 12.6. The first-order valence-electron chi connectivity index (χ1n) is 6.91. The lowest BCUT2D eigenvalue weighted by Gasteiger charge is -2.22. The second kappa shape index (κ2) is 4.59. The van der Waals surface area contributed by atoms with Crippen LogP contribution in [0.2, 0.25) is 0 Å². The van der Waals surface area contributed by atoms with Gasteiger partial charge in [0.15, 0.2) is 5.82 Å². The molecule has 1 atom stereocenters. The lowest BCUT2D eigenvalue weighted by Crippen LogP contribution is -2.33. The Kier molecular flexibility index (Phi) is 3.05. The van der Waals surface area contributed by atoms with Crippen molar-refractivity contribution < 1.29 is 14.4 Å². The van der Waals surface area contributed by atoms with Crippen molar-refractivity contribution in [3.8, 4) is 0 Å². The van der Waals surface area contributed by atoms with E-state index in [1.807, 2.05) is 6.92 Å². The van der Waals surface area contributed by atoms with Gasteiger partial charge < -0.3 is 9.63 Å². The SMILES string of the molecule is CCC1(C(=O)O)CCN(Cc2nc(C3CC3)no2)C1. The summed E-state index contributed by atoms with van der Waals surface area (Å²) in [4.78, 5) is 17.9. The molecule has 1 saturated carbocycles. The van der Waals surface area contributed by atoms with Gasteiger partial charge in [-0.15, -0.1) is 0 Å². The highest BCUT2D eigenvalue weighted by Crippen LogP contribution is 2.38. The number of hydrogen-bond acceptors (Lipinski definition) is 5. The first-order chi connectivity index (χ1) is 9.13. The molecule has 1 N–H and O–H groups in total. The monoisotopic (exact) mass is 265 g/mol. The molecule has 1 aromatic rings. The molecule has 0 bridgehead atoms. The van der Waals surface area contributed by atoms with E-state index in [1.165, 1.54) is 0 Å². The van der Waals surface area contributed by atoms with Gasteiger partial charge in [-0.2, -0.15) is 4.98 Å². The molecule has 0 radical (unpaired) electrons. The number of aromatic nitrogens is 2. The van der Waals surface area contributed by atoms with Crippen molar-refractivity contribution in [1.29, 1.82) is 0 Å². The topological polar surface area (TPSA) is 79.5 Å². The van der Waals surface area contributed by atoms with Gasteiger partial charge in [0, 0.05) is 12.5 Å². The van der Waals surface area contributed by atoms with Crippen molar-refractivity contribution in [2.24, 2.45) is 5.41 Å². The van der Waals surface area contributed by atoms with Gasteiger partial charge in [0.05, 0.1) is 12.0 Å². The normalized spacial score (nSPS) is 27.8. The zero-order valence-electron chi connectivity index (χ0n) is 11.1. The molecule has 2 fully saturated rings. The summed E-state index contributed by atoms with van der Waals surface area (Å²) in [6, 6.07) is 0. The van der Waals surface area contributed by atoms with Crippen LogP contribution in [-0.4, -0.2) is 39.2 Å². The third kappa shape index (κ3) is 2.36. The summed E-state index contributed by atoms with van der Waals surface area (Å²) in [6.07, 6.45) is 3.67. The Morgan fingerprint density at radius 2 is 2.37 bits per heavy atom. The van der Waals surface area contributed by atoms with Gasteiger partial charge in [0.2, 0.25) is 5.89 Å². The van der Waals surface area contributed by atoms with Crippen molar-refractivity contribution in [3.63, 3.8) is 0 Å².